The van der Waals surface area contributed by atoms with Crippen molar-refractivity contribution in [2.45, 2.75) is 30.2 Å². The fourth-order valence-corrected chi connectivity index (χ4v) is 3.86. The van der Waals surface area contributed by atoms with E-state index in [4.69, 9.17) is 11.6 Å². The second kappa shape index (κ2) is 6.81. The maximum absolute atomic E-state index is 6.17. The van der Waals surface area contributed by atoms with Crippen molar-refractivity contribution in [3.8, 4) is 0 Å². The third-order valence-corrected chi connectivity index (χ3v) is 5.04. The molecular weight excluding hydrogens is 304 g/mol. The van der Waals surface area contributed by atoms with Crippen molar-refractivity contribution < 1.29 is 0 Å². The maximum Gasteiger partial charge on any atom is 0.151 e. The standard InChI is InChI=1S/C15H19ClN4S/c1-20-10-18-15(19-20)6-7-17-13-3-2-8-21-14-5-4-11(16)9-12(13)14/h4-5,9-10,13,17H,2-3,6-8H2,1H3. The zero-order chi connectivity index (χ0) is 14.7. The van der Waals surface area contributed by atoms with Crippen molar-refractivity contribution in [1.82, 2.24) is 20.1 Å². The summed E-state index contributed by atoms with van der Waals surface area (Å²) in [4.78, 5) is 5.61. The van der Waals surface area contributed by atoms with E-state index in [0.717, 1.165) is 30.2 Å². The Morgan fingerprint density at radius 2 is 2.38 bits per heavy atom. The van der Waals surface area contributed by atoms with Gasteiger partial charge in [-0.05, 0) is 42.4 Å². The number of halogens is 1. The molecule has 0 amide bonds. The monoisotopic (exact) mass is 322 g/mol. The summed E-state index contributed by atoms with van der Waals surface area (Å²) < 4.78 is 1.74. The smallest absolute Gasteiger partial charge is 0.151 e. The van der Waals surface area contributed by atoms with Crippen LogP contribution in [-0.2, 0) is 13.5 Å². The fraction of sp³-hybridized carbons (Fsp3) is 0.467. The number of hydrogen-bond acceptors (Lipinski definition) is 4. The van der Waals surface area contributed by atoms with Crippen molar-refractivity contribution in [3.05, 3.63) is 40.9 Å². The molecule has 112 valence electrons. The summed E-state index contributed by atoms with van der Waals surface area (Å²) in [6.45, 7) is 0.880. The van der Waals surface area contributed by atoms with Crippen molar-refractivity contribution in [1.29, 1.82) is 0 Å². The van der Waals surface area contributed by atoms with Crippen LogP contribution in [0.5, 0.6) is 0 Å². The molecule has 1 aromatic carbocycles. The van der Waals surface area contributed by atoms with Gasteiger partial charge in [-0.2, -0.15) is 5.10 Å². The van der Waals surface area contributed by atoms with Gasteiger partial charge in [0.05, 0.1) is 0 Å². The quantitative estimate of drug-likeness (QED) is 0.938. The Hall–Kier alpha value is -1.04. The van der Waals surface area contributed by atoms with Crippen molar-refractivity contribution in [2.24, 2.45) is 7.05 Å². The molecule has 0 radical (unpaired) electrons. The predicted octanol–water partition coefficient (Wildman–Crippen LogP) is 3.23. The molecule has 0 saturated carbocycles. The molecule has 1 aliphatic rings. The van der Waals surface area contributed by atoms with Gasteiger partial charge in [-0.25, -0.2) is 4.98 Å². The lowest BCUT2D eigenvalue weighted by atomic mass is 10.0. The summed E-state index contributed by atoms with van der Waals surface area (Å²) in [5.74, 6) is 2.06. The van der Waals surface area contributed by atoms with Gasteiger partial charge in [0.15, 0.2) is 5.82 Å². The molecule has 1 N–H and O–H groups in total. The number of aromatic nitrogens is 3. The van der Waals surface area contributed by atoms with Crippen molar-refractivity contribution >= 4 is 23.4 Å². The fourth-order valence-electron chi connectivity index (χ4n) is 2.62. The van der Waals surface area contributed by atoms with Crippen LogP contribution in [0.4, 0.5) is 0 Å². The highest BCUT2D eigenvalue weighted by atomic mass is 35.5. The summed E-state index contributed by atoms with van der Waals surface area (Å²) in [7, 11) is 1.89. The Kier molecular flexibility index (Phi) is 4.83. The van der Waals surface area contributed by atoms with E-state index in [2.05, 4.69) is 27.5 Å². The molecule has 4 nitrogen and oxygen atoms in total. The van der Waals surface area contributed by atoms with Crippen LogP contribution >= 0.6 is 23.4 Å². The summed E-state index contributed by atoms with van der Waals surface area (Å²) in [6, 6.07) is 6.60. The SMILES string of the molecule is Cn1cnc(CCNC2CCCSc3ccc(Cl)cc32)n1. The number of aryl methyl sites for hydroxylation is 1. The average molecular weight is 323 g/mol. The zero-order valence-corrected chi connectivity index (χ0v) is 13.6. The topological polar surface area (TPSA) is 42.7 Å². The highest BCUT2D eigenvalue weighted by Crippen LogP contribution is 2.36. The van der Waals surface area contributed by atoms with Gasteiger partial charge in [0, 0.05) is 36.0 Å². The highest BCUT2D eigenvalue weighted by Gasteiger charge is 2.19. The Bertz CT molecular complexity index is 613. The Balaban J connectivity index is 1.66. The molecule has 0 fully saturated rings. The molecule has 0 saturated heterocycles. The van der Waals surface area contributed by atoms with E-state index < -0.39 is 0 Å². The van der Waals surface area contributed by atoms with Crippen LogP contribution in [-0.4, -0.2) is 27.1 Å². The molecule has 1 aliphatic heterocycles. The molecule has 1 aromatic heterocycles. The number of fused-ring (bicyclic) bond motifs is 1. The van der Waals surface area contributed by atoms with E-state index in [9.17, 15) is 0 Å². The first-order chi connectivity index (χ1) is 10.2. The molecule has 21 heavy (non-hydrogen) atoms. The number of hydrogen-bond donors (Lipinski definition) is 1. The normalized spacial score (nSPS) is 18.3. The molecule has 2 aromatic rings. The van der Waals surface area contributed by atoms with Crippen LogP contribution in [0.15, 0.2) is 29.4 Å². The van der Waals surface area contributed by atoms with Crippen molar-refractivity contribution in [3.63, 3.8) is 0 Å². The van der Waals surface area contributed by atoms with Crippen LogP contribution in [0.25, 0.3) is 0 Å². The molecule has 0 bridgehead atoms. The molecule has 6 heteroatoms. The molecule has 1 unspecified atom stereocenters. The van der Waals surface area contributed by atoms with Gasteiger partial charge in [-0.1, -0.05) is 11.6 Å². The molecule has 0 spiro atoms. The molecule has 0 aliphatic carbocycles. The minimum atomic E-state index is 0.373. The van der Waals surface area contributed by atoms with Crippen LogP contribution in [0.2, 0.25) is 5.02 Å². The number of benzene rings is 1. The predicted molar refractivity (Wildman–Crippen MR) is 86.9 cm³/mol. The third kappa shape index (κ3) is 3.78. The van der Waals surface area contributed by atoms with Gasteiger partial charge in [-0.15, -0.1) is 11.8 Å². The van der Waals surface area contributed by atoms with E-state index >= 15 is 0 Å². The molecule has 3 rings (SSSR count). The third-order valence-electron chi connectivity index (χ3n) is 3.63. The highest BCUT2D eigenvalue weighted by molar-refractivity contribution is 7.99. The average Bonchev–Trinajstić information content (AvgIpc) is 2.77. The number of nitrogens with one attached hydrogen (secondary N) is 1. The first-order valence-corrected chi connectivity index (χ1v) is 8.59. The lowest BCUT2D eigenvalue weighted by Crippen LogP contribution is -2.24. The number of nitrogens with zero attached hydrogens (tertiary/aromatic N) is 3. The van der Waals surface area contributed by atoms with E-state index in [1.54, 1.807) is 11.0 Å². The number of rotatable bonds is 4. The Labute approximate surface area is 134 Å². The first-order valence-electron chi connectivity index (χ1n) is 7.22. The van der Waals surface area contributed by atoms with Gasteiger partial charge < -0.3 is 5.32 Å². The second-order valence-corrected chi connectivity index (χ2v) is 6.84. The van der Waals surface area contributed by atoms with E-state index in [1.807, 2.05) is 24.9 Å². The summed E-state index contributed by atoms with van der Waals surface area (Å²) in [6.07, 6.45) is 4.96. The van der Waals surface area contributed by atoms with E-state index in [1.165, 1.54) is 22.6 Å². The molecule has 2 heterocycles. The largest absolute Gasteiger partial charge is 0.309 e. The van der Waals surface area contributed by atoms with E-state index in [-0.39, 0.29) is 0 Å². The van der Waals surface area contributed by atoms with E-state index in [0.29, 0.717) is 6.04 Å². The van der Waals surface area contributed by atoms with Gasteiger partial charge >= 0.3 is 0 Å². The van der Waals surface area contributed by atoms with Crippen LogP contribution < -0.4 is 5.32 Å². The first kappa shape index (κ1) is 14.9. The summed E-state index contributed by atoms with van der Waals surface area (Å²) in [5.41, 5.74) is 1.33. The maximum atomic E-state index is 6.17. The minimum absolute atomic E-state index is 0.373. The zero-order valence-electron chi connectivity index (χ0n) is 12.1. The minimum Gasteiger partial charge on any atom is -0.309 e. The van der Waals surface area contributed by atoms with Gasteiger partial charge in [0.2, 0.25) is 0 Å². The van der Waals surface area contributed by atoms with Gasteiger partial charge in [0.25, 0.3) is 0 Å². The van der Waals surface area contributed by atoms with Crippen LogP contribution in [0, 0.1) is 0 Å². The molecule has 1 atom stereocenters. The van der Waals surface area contributed by atoms with Crippen LogP contribution in [0.1, 0.15) is 30.3 Å². The van der Waals surface area contributed by atoms with Gasteiger partial charge in [-0.3, -0.25) is 4.68 Å². The lowest BCUT2D eigenvalue weighted by Gasteiger charge is -2.19. The summed E-state index contributed by atoms with van der Waals surface area (Å²) >= 11 is 8.10. The second-order valence-electron chi connectivity index (χ2n) is 5.26. The Morgan fingerprint density at radius 1 is 1.48 bits per heavy atom. The van der Waals surface area contributed by atoms with Crippen LogP contribution in [0.3, 0.4) is 0 Å². The Morgan fingerprint density at radius 3 is 3.19 bits per heavy atom. The summed E-state index contributed by atoms with van der Waals surface area (Å²) in [5, 5.41) is 8.77. The number of thioether (sulfide) groups is 1. The van der Waals surface area contributed by atoms with Gasteiger partial charge in [0.1, 0.15) is 6.33 Å². The molecular formula is C15H19ClN4S. The lowest BCUT2D eigenvalue weighted by molar-refractivity contribution is 0.493. The van der Waals surface area contributed by atoms with Crippen molar-refractivity contribution in [2.75, 3.05) is 12.3 Å².